The van der Waals surface area contributed by atoms with Crippen molar-refractivity contribution in [1.82, 2.24) is 9.97 Å². The number of nitrogens with zero attached hydrogens (tertiary/aromatic N) is 2. The van der Waals surface area contributed by atoms with E-state index in [9.17, 15) is 0 Å². The average Bonchev–Trinajstić information content (AvgIpc) is 2.27. The maximum Gasteiger partial charge on any atom is 0.133 e. The quantitative estimate of drug-likeness (QED) is 0.629. The molecular weight excluding hydrogens is 150 g/mol. The van der Waals surface area contributed by atoms with Crippen LogP contribution < -0.4 is 5.32 Å². The molecule has 0 atom stereocenters. The van der Waals surface area contributed by atoms with Crippen molar-refractivity contribution in [3.63, 3.8) is 0 Å². The number of fused-ring (bicyclic) bond motifs is 1. The van der Waals surface area contributed by atoms with E-state index in [0.717, 1.165) is 18.2 Å². The molecular formula is C9H13N3. The van der Waals surface area contributed by atoms with Crippen LogP contribution in [0.15, 0.2) is 6.20 Å². The molecule has 1 N–H and O–H groups in total. The van der Waals surface area contributed by atoms with E-state index in [1.807, 2.05) is 13.1 Å². The van der Waals surface area contributed by atoms with E-state index in [-0.39, 0.29) is 5.41 Å². The van der Waals surface area contributed by atoms with Gasteiger partial charge in [-0.3, -0.25) is 0 Å². The molecule has 0 fully saturated rings. The van der Waals surface area contributed by atoms with Crippen molar-refractivity contribution < 1.29 is 0 Å². The van der Waals surface area contributed by atoms with Crippen LogP contribution in [0.2, 0.25) is 0 Å². The van der Waals surface area contributed by atoms with E-state index in [1.54, 1.807) is 0 Å². The Labute approximate surface area is 72.2 Å². The molecule has 0 saturated carbocycles. The smallest absolute Gasteiger partial charge is 0.133 e. The van der Waals surface area contributed by atoms with Crippen molar-refractivity contribution in [3.8, 4) is 0 Å². The number of hydrogen-bond acceptors (Lipinski definition) is 3. The maximum absolute atomic E-state index is 4.33. The highest BCUT2D eigenvalue weighted by molar-refractivity contribution is 5.53. The molecule has 0 radical (unpaired) electrons. The van der Waals surface area contributed by atoms with Gasteiger partial charge in [-0.05, 0) is 6.92 Å². The van der Waals surface area contributed by atoms with E-state index < -0.39 is 0 Å². The average molecular weight is 163 g/mol. The molecule has 3 nitrogen and oxygen atoms in total. The Hall–Kier alpha value is -1.12. The van der Waals surface area contributed by atoms with Gasteiger partial charge in [-0.15, -0.1) is 0 Å². The van der Waals surface area contributed by atoms with Crippen LogP contribution in [-0.4, -0.2) is 16.5 Å². The monoisotopic (exact) mass is 163 g/mol. The molecule has 64 valence electrons. The molecule has 3 heteroatoms. The van der Waals surface area contributed by atoms with Crippen LogP contribution in [0.5, 0.6) is 0 Å². The summed E-state index contributed by atoms with van der Waals surface area (Å²) >= 11 is 0. The fourth-order valence-electron chi connectivity index (χ4n) is 1.50. The molecule has 2 heterocycles. The topological polar surface area (TPSA) is 37.8 Å². The molecule has 1 aromatic heterocycles. The van der Waals surface area contributed by atoms with E-state index in [1.165, 1.54) is 5.56 Å². The highest BCUT2D eigenvalue weighted by Crippen LogP contribution is 2.33. The fourth-order valence-corrected chi connectivity index (χ4v) is 1.50. The summed E-state index contributed by atoms with van der Waals surface area (Å²) in [5.74, 6) is 1.84. The highest BCUT2D eigenvalue weighted by atomic mass is 15.1. The lowest BCUT2D eigenvalue weighted by atomic mass is 9.89. The molecule has 1 aliphatic heterocycles. The summed E-state index contributed by atoms with van der Waals surface area (Å²) in [6, 6.07) is 0. The summed E-state index contributed by atoms with van der Waals surface area (Å²) in [4.78, 5) is 8.52. The van der Waals surface area contributed by atoms with Gasteiger partial charge in [-0.25, -0.2) is 9.97 Å². The van der Waals surface area contributed by atoms with Gasteiger partial charge in [-0.1, -0.05) is 13.8 Å². The van der Waals surface area contributed by atoms with Crippen LogP contribution in [0.3, 0.4) is 0 Å². The number of anilines is 1. The lowest BCUT2D eigenvalue weighted by molar-refractivity contribution is 0.583. The summed E-state index contributed by atoms with van der Waals surface area (Å²) in [7, 11) is 0. The first-order chi connectivity index (χ1) is 5.59. The third kappa shape index (κ3) is 0.967. The molecule has 0 bridgehead atoms. The Morgan fingerprint density at radius 3 is 3.00 bits per heavy atom. The number of hydrogen-bond donors (Lipinski definition) is 1. The number of nitrogens with one attached hydrogen (secondary N) is 1. The molecule has 0 saturated heterocycles. The summed E-state index contributed by atoms with van der Waals surface area (Å²) < 4.78 is 0. The van der Waals surface area contributed by atoms with E-state index in [0.29, 0.717) is 0 Å². The van der Waals surface area contributed by atoms with Gasteiger partial charge in [0.2, 0.25) is 0 Å². The number of rotatable bonds is 0. The maximum atomic E-state index is 4.33. The van der Waals surface area contributed by atoms with Gasteiger partial charge >= 0.3 is 0 Å². The van der Waals surface area contributed by atoms with Crippen molar-refractivity contribution >= 4 is 5.82 Å². The van der Waals surface area contributed by atoms with Crippen molar-refractivity contribution in [2.24, 2.45) is 0 Å². The van der Waals surface area contributed by atoms with E-state index >= 15 is 0 Å². The second kappa shape index (κ2) is 2.19. The van der Waals surface area contributed by atoms with E-state index in [4.69, 9.17) is 0 Å². The van der Waals surface area contributed by atoms with Crippen LogP contribution in [-0.2, 0) is 5.41 Å². The van der Waals surface area contributed by atoms with Gasteiger partial charge in [-0.2, -0.15) is 0 Å². The van der Waals surface area contributed by atoms with Crippen molar-refractivity contribution in [3.05, 3.63) is 17.6 Å². The standard InChI is InChI=1S/C9H13N3/c1-6-10-4-7-8(12-6)11-5-9(7,2)3/h4H,5H2,1-3H3,(H,10,11,12). The zero-order chi connectivity index (χ0) is 8.77. The zero-order valence-corrected chi connectivity index (χ0v) is 7.68. The lowest BCUT2D eigenvalue weighted by Crippen LogP contribution is -2.19. The van der Waals surface area contributed by atoms with Crippen LogP contribution in [0, 0.1) is 6.92 Å². The van der Waals surface area contributed by atoms with Gasteiger partial charge < -0.3 is 5.32 Å². The predicted molar refractivity (Wildman–Crippen MR) is 48.3 cm³/mol. The molecule has 0 amide bonds. The van der Waals surface area contributed by atoms with Crippen molar-refractivity contribution in [2.75, 3.05) is 11.9 Å². The van der Waals surface area contributed by atoms with Gasteiger partial charge in [0.25, 0.3) is 0 Å². The lowest BCUT2D eigenvalue weighted by Gasteiger charge is -2.15. The first-order valence-electron chi connectivity index (χ1n) is 4.17. The Bertz CT molecular complexity index is 318. The minimum atomic E-state index is 0.184. The van der Waals surface area contributed by atoms with Crippen molar-refractivity contribution in [2.45, 2.75) is 26.2 Å². The van der Waals surface area contributed by atoms with Crippen LogP contribution >= 0.6 is 0 Å². The molecule has 0 aromatic carbocycles. The molecule has 12 heavy (non-hydrogen) atoms. The van der Waals surface area contributed by atoms with Gasteiger partial charge in [0, 0.05) is 23.7 Å². The zero-order valence-electron chi connectivity index (χ0n) is 7.68. The van der Waals surface area contributed by atoms with Crippen molar-refractivity contribution in [1.29, 1.82) is 0 Å². The number of aromatic nitrogens is 2. The second-order valence-corrected chi connectivity index (χ2v) is 3.92. The summed E-state index contributed by atoms with van der Waals surface area (Å²) in [6.45, 7) is 7.27. The van der Waals surface area contributed by atoms with Gasteiger partial charge in [0.1, 0.15) is 11.6 Å². The highest BCUT2D eigenvalue weighted by Gasteiger charge is 2.30. The van der Waals surface area contributed by atoms with Crippen LogP contribution in [0.4, 0.5) is 5.82 Å². The van der Waals surface area contributed by atoms with Crippen LogP contribution in [0.1, 0.15) is 25.2 Å². The first-order valence-corrected chi connectivity index (χ1v) is 4.17. The van der Waals surface area contributed by atoms with Gasteiger partial charge in [0.05, 0.1) is 0 Å². The number of aryl methyl sites for hydroxylation is 1. The molecule has 2 rings (SSSR count). The minimum Gasteiger partial charge on any atom is -0.369 e. The van der Waals surface area contributed by atoms with E-state index in [2.05, 4.69) is 29.1 Å². The normalized spacial score (nSPS) is 18.6. The largest absolute Gasteiger partial charge is 0.369 e. The Balaban J connectivity index is 2.55. The Morgan fingerprint density at radius 1 is 1.50 bits per heavy atom. The van der Waals surface area contributed by atoms with Gasteiger partial charge in [0.15, 0.2) is 0 Å². The minimum absolute atomic E-state index is 0.184. The SMILES string of the molecule is Cc1ncc2c(n1)NCC2(C)C. The molecule has 0 spiro atoms. The fraction of sp³-hybridized carbons (Fsp3) is 0.556. The third-order valence-electron chi connectivity index (χ3n) is 2.34. The van der Waals surface area contributed by atoms with Crippen LogP contribution in [0.25, 0.3) is 0 Å². The molecule has 1 aromatic rings. The third-order valence-corrected chi connectivity index (χ3v) is 2.34. The predicted octanol–water partition coefficient (Wildman–Crippen LogP) is 1.49. The Kier molecular flexibility index (Phi) is 1.37. The Morgan fingerprint density at radius 2 is 2.25 bits per heavy atom. The summed E-state index contributed by atoms with van der Waals surface area (Å²) in [5.41, 5.74) is 1.41. The first kappa shape index (κ1) is 7.53. The molecule has 0 aliphatic carbocycles. The summed E-state index contributed by atoms with van der Waals surface area (Å²) in [5, 5.41) is 3.28. The summed E-state index contributed by atoms with van der Waals surface area (Å²) in [6.07, 6.45) is 1.93. The molecule has 0 unspecified atom stereocenters. The second-order valence-electron chi connectivity index (χ2n) is 3.92. The molecule has 1 aliphatic rings.